The van der Waals surface area contributed by atoms with E-state index in [2.05, 4.69) is 40.5 Å². The summed E-state index contributed by atoms with van der Waals surface area (Å²) in [6, 6.07) is 4.16. The van der Waals surface area contributed by atoms with Gasteiger partial charge in [0, 0.05) is 45.2 Å². The van der Waals surface area contributed by atoms with Gasteiger partial charge in [0.05, 0.1) is 0 Å². The zero-order valence-corrected chi connectivity index (χ0v) is 14.4. The van der Waals surface area contributed by atoms with E-state index in [9.17, 15) is 0 Å². The molecular weight excluding hydrogens is 276 g/mol. The van der Waals surface area contributed by atoms with Crippen molar-refractivity contribution >= 4 is 5.96 Å². The van der Waals surface area contributed by atoms with Crippen LogP contribution in [-0.2, 0) is 11.2 Å². The van der Waals surface area contributed by atoms with Gasteiger partial charge in [-0.15, -0.1) is 0 Å². The number of aromatic nitrogens is 1. The summed E-state index contributed by atoms with van der Waals surface area (Å²) in [5.41, 5.74) is 2.28. The molecule has 0 saturated carbocycles. The van der Waals surface area contributed by atoms with Gasteiger partial charge in [-0.25, -0.2) is 0 Å². The van der Waals surface area contributed by atoms with E-state index < -0.39 is 0 Å². The topological polar surface area (TPSA) is 58.5 Å². The Morgan fingerprint density at radius 1 is 1.27 bits per heavy atom. The lowest BCUT2D eigenvalue weighted by Gasteiger charge is -2.12. The van der Waals surface area contributed by atoms with Crippen LogP contribution < -0.4 is 10.6 Å². The fraction of sp³-hybridized carbons (Fsp3) is 0.647. The van der Waals surface area contributed by atoms with Crippen LogP contribution in [0.15, 0.2) is 23.3 Å². The van der Waals surface area contributed by atoms with Crippen molar-refractivity contribution in [2.75, 3.05) is 33.4 Å². The minimum Gasteiger partial charge on any atom is -0.381 e. The molecule has 0 amide bonds. The van der Waals surface area contributed by atoms with Crippen LogP contribution in [0.4, 0.5) is 0 Å². The first-order valence-corrected chi connectivity index (χ1v) is 8.05. The molecule has 0 fully saturated rings. The van der Waals surface area contributed by atoms with Crippen molar-refractivity contribution in [3.63, 3.8) is 0 Å². The highest BCUT2D eigenvalue weighted by molar-refractivity contribution is 5.79. The largest absolute Gasteiger partial charge is 0.381 e. The van der Waals surface area contributed by atoms with Gasteiger partial charge in [0.25, 0.3) is 0 Å². The quantitative estimate of drug-likeness (QED) is 0.417. The van der Waals surface area contributed by atoms with Gasteiger partial charge >= 0.3 is 0 Å². The van der Waals surface area contributed by atoms with Gasteiger partial charge in [-0.05, 0) is 37.3 Å². The predicted octanol–water partition coefficient (Wildman–Crippen LogP) is 2.16. The molecule has 1 rings (SSSR count). The van der Waals surface area contributed by atoms with Gasteiger partial charge in [0.15, 0.2) is 5.96 Å². The summed E-state index contributed by atoms with van der Waals surface area (Å²) in [7, 11) is 1.79. The molecule has 124 valence electrons. The summed E-state index contributed by atoms with van der Waals surface area (Å²) < 4.78 is 5.55. The average molecular weight is 306 g/mol. The Morgan fingerprint density at radius 3 is 2.68 bits per heavy atom. The molecule has 0 aromatic carbocycles. The SMILES string of the molecule is CN=C(NCCCOCC(C)C)NCCc1ccc(C)nc1. The second-order valence-corrected chi connectivity index (χ2v) is 5.81. The Morgan fingerprint density at radius 2 is 2.05 bits per heavy atom. The van der Waals surface area contributed by atoms with Crippen molar-refractivity contribution in [2.45, 2.75) is 33.6 Å². The van der Waals surface area contributed by atoms with Crippen molar-refractivity contribution in [1.29, 1.82) is 0 Å². The molecule has 0 bridgehead atoms. The highest BCUT2D eigenvalue weighted by atomic mass is 16.5. The number of pyridine rings is 1. The summed E-state index contributed by atoms with van der Waals surface area (Å²) in [5, 5.41) is 6.61. The van der Waals surface area contributed by atoms with Crippen molar-refractivity contribution in [3.05, 3.63) is 29.6 Å². The van der Waals surface area contributed by atoms with Crippen molar-refractivity contribution in [1.82, 2.24) is 15.6 Å². The first kappa shape index (κ1) is 18.4. The lowest BCUT2D eigenvalue weighted by Crippen LogP contribution is -2.39. The Balaban J connectivity index is 2.11. The number of ether oxygens (including phenoxy) is 1. The van der Waals surface area contributed by atoms with Crippen LogP contribution in [0.1, 0.15) is 31.5 Å². The van der Waals surface area contributed by atoms with E-state index in [4.69, 9.17) is 4.74 Å². The highest BCUT2D eigenvalue weighted by Crippen LogP contribution is 1.99. The maximum atomic E-state index is 5.55. The van der Waals surface area contributed by atoms with E-state index in [1.165, 1.54) is 5.56 Å². The van der Waals surface area contributed by atoms with Crippen LogP contribution >= 0.6 is 0 Å². The van der Waals surface area contributed by atoms with Gasteiger partial charge in [-0.3, -0.25) is 9.98 Å². The second kappa shape index (κ2) is 11.0. The average Bonchev–Trinajstić information content (AvgIpc) is 2.50. The van der Waals surface area contributed by atoms with Gasteiger partial charge in [0.2, 0.25) is 0 Å². The molecule has 5 heteroatoms. The monoisotopic (exact) mass is 306 g/mol. The van der Waals surface area contributed by atoms with E-state index in [0.29, 0.717) is 5.92 Å². The zero-order valence-electron chi connectivity index (χ0n) is 14.4. The van der Waals surface area contributed by atoms with E-state index in [-0.39, 0.29) is 0 Å². The van der Waals surface area contributed by atoms with Crippen LogP contribution in [0.2, 0.25) is 0 Å². The normalized spacial score (nSPS) is 11.8. The smallest absolute Gasteiger partial charge is 0.190 e. The summed E-state index contributed by atoms with van der Waals surface area (Å²) in [6.07, 6.45) is 3.85. The molecule has 0 aliphatic carbocycles. The minimum atomic E-state index is 0.596. The summed E-state index contributed by atoms with van der Waals surface area (Å²) in [4.78, 5) is 8.52. The number of nitrogens with zero attached hydrogens (tertiary/aromatic N) is 2. The van der Waals surface area contributed by atoms with E-state index in [1.807, 2.05) is 19.2 Å². The first-order chi connectivity index (χ1) is 10.6. The Hall–Kier alpha value is -1.62. The minimum absolute atomic E-state index is 0.596. The molecule has 1 heterocycles. The Labute approximate surface area is 134 Å². The molecule has 0 aliphatic rings. The molecule has 5 nitrogen and oxygen atoms in total. The van der Waals surface area contributed by atoms with Crippen LogP contribution in [0, 0.1) is 12.8 Å². The third-order valence-corrected chi connectivity index (χ3v) is 3.11. The molecule has 0 radical (unpaired) electrons. The highest BCUT2D eigenvalue weighted by Gasteiger charge is 1.99. The van der Waals surface area contributed by atoms with Crippen molar-refractivity contribution < 1.29 is 4.74 Å². The molecule has 1 aromatic heterocycles. The molecule has 1 aromatic rings. The van der Waals surface area contributed by atoms with Crippen LogP contribution in [0.25, 0.3) is 0 Å². The maximum Gasteiger partial charge on any atom is 0.190 e. The molecule has 22 heavy (non-hydrogen) atoms. The van der Waals surface area contributed by atoms with E-state index in [1.54, 1.807) is 7.05 Å². The fourth-order valence-electron chi connectivity index (χ4n) is 1.89. The van der Waals surface area contributed by atoms with Gasteiger partial charge < -0.3 is 15.4 Å². The number of aryl methyl sites for hydroxylation is 1. The molecule has 0 spiro atoms. The van der Waals surface area contributed by atoms with Crippen LogP contribution in [-0.4, -0.2) is 44.3 Å². The van der Waals surface area contributed by atoms with Crippen LogP contribution in [0.5, 0.6) is 0 Å². The van der Waals surface area contributed by atoms with Crippen LogP contribution in [0.3, 0.4) is 0 Å². The Bertz CT molecular complexity index is 429. The second-order valence-electron chi connectivity index (χ2n) is 5.81. The lowest BCUT2D eigenvalue weighted by atomic mass is 10.2. The van der Waals surface area contributed by atoms with E-state index in [0.717, 1.165) is 50.8 Å². The number of nitrogens with one attached hydrogen (secondary N) is 2. The summed E-state index contributed by atoms with van der Waals surface area (Å²) in [5.74, 6) is 1.43. The van der Waals surface area contributed by atoms with Crippen molar-refractivity contribution in [2.24, 2.45) is 10.9 Å². The number of hydrogen-bond donors (Lipinski definition) is 2. The van der Waals surface area contributed by atoms with Gasteiger partial charge in [-0.2, -0.15) is 0 Å². The molecule has 0 saturated heterocycles. The number of aliphatic imine (C=N–C) groups is 1. The Kier molecular flexibility index (Phi) is 9.23. The van der Waals surface area contributed by atoms with Gasteiger partial charge in [-0.1, -0.05) is 19.9 Å². The summed E-state index contributed by atoms with van der Waals surface area (Å²) >= 11 is 0. The number of hydrogen-bond acceptors (Lipinski definition) is 3. The fourth-order valence-corrected chi connectivity index (χ4v) is 1.89. The zero-order chi connectivity index (χ0) is 16.2. The molecule has 0 atom stereocenters. The number of rotatable bonds is 9. The molecule has 0 aliphatic heterocycles. The first-order valence-electron chi connectivity index (χ1n) is 8.05. The molecular formula is C17H30N4O. The summed E-state index contributed by atoms with van der Waals surface area (Å²) in [6.45, 7) is 9.65. The standard InChI is InChI=1S/C17H30N4O/c1-14(2)13-22-11-5-9-19-17(18-4)20-10-8-16-7-6-15(3)21-12-16/h6-7,12,14H,5,8-11,13H2,1-4H3,(H2,18,19,20). The lowest BCUT2D eigenvalue weighted by molar-refractivity contribution is 0.108. The van der Waals surface area contributed by atoms with Crippen molar-refractivity contribution in [3.8, 4) is 0 Å². The van der Waals surface area contributed by atoms with Gasteiger partial charge in [0.1, 0.15) is 0 Å². The third-order valence-electron chi connectivity index (χ3n) is 3.11. The molecule has 0 unspecified atom stereocenters. The third kappa shape index (κ3) is 8.62. The molecule has 2 N–H and O–H groups in total. The van der Waals surface area contributed by atoms with E-state index >= 15 is 0 Å². The number of guanidine groups is 1. The predicted molar refractivity (Wildman–Crippen MR) is 92.3 cm³/mol. The maximum absolute atomic E-state index is 5.55.